The third-order valence-electron chi connectivity index (χ3n) is 9.67. The maximum Gasteiger partial charge on any atom is 0.159 e. The van der Waals surface area contributed by atoms with Crippen LogP contribution < -0.4 is 0 Å². The number of furan rings is 1. The van der Waals surface area contributed by atoms with Gasteiger partial charge >= 0.3 is 0 Å². The van der Waals surface area contributed by atoms with Gasteiger partial charge in [0.05, 0.1) is 27.6 Å². The monoisotopic (exact) mass is 609 g/mol. The van der Waals surface area contributed by atoms with Crippen molar-refractivity contribution in [2.24, 2.45) is 4.99 Å². The van der Waals surface area contributed by atoms with Gasteiger partial charge in [-0.05, 0) is 47.0 Å². The van der Waals surface area contributed by atoms with Crippen LogP contribution in [0.3, 0.4) is 0 Å². The van der Waals surface area contributed by atoms with Crippen LogP contribution in [0.25, 0.3) is 70.5 Å². The van der Waals surface area contributed by atoms with Crippen LogP contribution in [-0.4, -0.2) is 16.3 Å². The lowest BCUT2D eigenvalue weighted by molar-refractivity contribution is 0.546. The third kappa shape index (κ3) is 3.43. The van der Waals surface area contributed by atoms with Gasteiger partial charge in [0.15, 0.2) is 5.58 Å². The Morgan fingerprint density at radius 1 is 0.783 bits per heavy atom. The first-order valence-corrected chi connectivity index (χ1v) is 16.5. The standard InChI is InChI=1S/C41H27N3OS/c1-42-36-30-17-7-9-19-33(30)46-41(36)37(25-12-10-22-43-23-25)44-38-26-13-3-2-11-24(26)20-21-31(38)34-27-14-4-5-15-28(27)35-29-16-6-8-18-32(29)45-40(35)39(34)44/h2-7,9-17,19-23,37H,1,8,18H2. The summed E-state index contributed by atoms with van der Waals surface area (Å²) >= 11 is 1.78. The van der Waals surface area contributed by atoms with Gasteiger partial charge in [-0.15, -0.1) is 11.3 Å². The predicted molar refractivity (Wildman–Crippen MR) is 194 cm³/mol. The maximum absolute atomic E-state index is 7.01. The number of aromatic nitrogens is 2. The summed E-state index contributed by atoms with van der Waals surface area (Å²) in [4.78, 5) is 10.5. The summed E-state index contributed by atoms with van der Waals surface area (Å²) in [7, 11) is 0. The molecule has 0 aliphatic heterocycles. The van der Waals surface area contributed by atoms with Gasteiger partial charge in [-0.25, -0.2) is 0 Å². The predicted octanol–water partition coefficient (Wildman–Crippen LogP) is 11.4. The van der Waals surface area contributed by atoms with Crippen molar-refractivity contribution in [1.29, 1.82) is 0 Å². The second kappa shape index (κ2) is 9.74. The van der Waals surface area contributed by atoms with Crippen molar-refractivity contribution < 1.29 is 4.42 Å². The number of hydrogen-bond donors (Lipinski definition) is 0. The van der Waals surface area contributed by atoms with E-state index in [-0.39, 0.29) is 6.04 Å². The Morgan fingerprint density at radius 2 is 1.57 bits per heavy atom. The first-order valence-electron chi connectivity index (χ1n) is 15.7. The van der Waals surface area contributed by atoms with Crippen LogP contribution in [-0.2, 0) is 6.42 Å². The summed E-state index contributed by atoms with van der Waals surface area (Å²) in [6.07, 6.45) is 10.3. The molecule has 4 heterocycles. The molecule has 1 aliphatic carbocycles. The van der Waals surface area contributed by atoms with Gasteiger partial charge in [0.1, 0.15) is 5.76 Å². The molecule has 0 saturated carbocycles. The summed E-state index contributed by atoms with van der Waals surface area (Å²) in [6.45, 7) is 4.09. The topological polar surface area (TPSA) is 43.3 Å². The lowest BCUT2D eigenvalue weighted by atomic mass is 9.95. The minimum Gasteiger partial charge on any atom is -0.458 e. The Labute approximate surface area is 268 Å². The molecule has 5 heteroatoms. The number of allylic oxidation sites excluding steroid dienone is 1. The number of nitrogens with zero attached hydrogens (tertiary/aromatic N) is 3. The molecule has 0 amide bonds. The number of fused-ring (bicyclic) bond motifs is 13. The fourth-order valence-electron chi connectivity index (χ4n) is 7.81. The van der Waals surface area contributed by atoms with E-state index in [0.29, 0.717) is 0 Å². The van der Waals surface area contributed by atoms with E-state index in [4.69, 9.17) is 9.41 Å². The van der Waals surface area contributed by atoms with Crippen molar-refractivity contribution in [3.05, 3.63) is 137 Å². The smallest absolute Gasteiger partial charge is 0.159 e. The lowest BCUT2D eigenvalue weighted by Crippen LogP contribution is -2.12. The fourth-order valence-corrected chi connectivity index (χ4v) is 9.09. The van der Waals surface area contributed by atoms with E-state index in [0.717, 1.165) is 51.2 Å². The van der Waals surface area contributed by atoms with Crippen molar-refractivity contribution in [3.8, 4) is 0 Å². The Balaban J connectivity index is 1.51. The zero-order valence-electron chi connectivity index (χ0n) is 24.9. The number of aryl methyl sites for hydroxylation is 1. The van der Waals surface area contributed by atoms with E-state index < -0.39 is 0 Å². The number of thiophene rings is 1. The highest BCUT2D eigenvalue weighted by atomic mass is 32.1. The highest BCUT2D eigenvalue weighted by Crippen LogP contribution is 2.51. The molecule has 218 valence electrons. The van der Waals surface area contributed by atoms with Crippen molar-refractivity contribution in [2.45, 2.75) is 18.9 Å². The van der Waals surface area contributed by atoms with Crippen LogP contribution in [0.2, 0.25) is 0 Å². The molecule has 0 spiro atoms. The van der Waals surface area contributed by atoms with E-state index in [1.165, 1.54) is 53.5 Å². The molecule has 0 N–H and O–H groups in total. The quantitative estimate of drug-likeness (QED) is 0.186. The summed E-state index contributed by atoms with van der Waals surface area (Å²) in [6, 6.07) is 34.6. The normalized spacial score (nSPS) is 13.8. The Hall–Kier alpha value is -5.52. The van der Waals surface area contributed by atoms with E-state index in [9.17, 15) is 0 Å². The molecule has 1 atom stereocenters. The largest absolute Gasteiger partial charge is 0.458 e. The second-order valence-corrected chi connectivity index (χ2v) is 13.1. The van der Waals surface area contributed by atoms with Crippen molar-refractivity contribution in [2.75, 3.05) is 0 Å². The molecule has 1 unspecified atom stereocenters. The first-order chi connectivity index (χ1) is 22.8. The average Bonchev–Trinajstić information content (AvgIpc) is 3.79. The lowest BCUT2D eigenvalue weighted by Gasteiger charge is -2.22. The molecular weight excluding hydrogens is 583 g/mol. The van der Waals surface area contributed by atoms with Gasteiger partial charge in [0.25, 0.3) is 0 Å². The molecule has 5 aromatic carbocycles. The first kappa shape index (κ1) is 25.8. The highest BCUT2D eigenvalue weighted by Gasteiger charge is 2.32. The fraction of sp³-hybridized carbons (Fsp3) is 0.0732. The van der Waals surface area contributed by atoms with E-state index in [2.05, 4.69) is 119 Å². The second-order valence-electron chi connectivity index (χ2n) is 12.1. The van der Waals surface area contributed by atoms with Crippen LogP contribution in [0.15, 0.2) is 125 Å². The molecule has 0 saturated heterocycles. The van der Waals surface area contributed by atoms with Gasteiger partial charge in [0, 0.05) is 56.0 Å². The summed E-state index contributed by atoms with van der Waals surface area (Å²) in [5.41, 5.74) is 6.43. The number of aliphatic imine (C=N–C) groups is 1. The maximum atomic E-state index is 7.01. The van der Waals surface area contributed by atoms with Gasteiger partial charge in [-0.1, -0.05) is 97.1 Å². The zero-order valence-corrected chi connectivity index (χ0v) is 25.7. The molecule has 0 fully saturated rings. The Morgan fingerprint density at radius 3 is 2.39 bits per heavy atom. The Bertz CT molecular complexity index is 2730. The van der Waals surface area contributed by atoms with Gasteiger partial charge in [-0.3, -0.25) is 9.98 Å². The molecular formula is C41H27N3OS. The molecule has 1 aliphatic rings. The van der Waals surface area contributed by atoms with Crippen molar-refractivity contribution in [3.63, 3.8) is 0 Å². The van der Waals surface area contributed by atoms with Crippen LogP contribution >= 0.6 is 11.3 Å². The van der Waals surface area contributed by atoms with E-state index in [1.54, 1.807) is 11.3 Å². The number of hydrogen-bond acceptors (Lipinski definition) is 4. The minimum absolute atomic E-state index is 0.237. The number of pyridine rings is 1. The molecule has 4 aromatic heterocycles. The molecule has 9 aromatic rings. The molecule has 10 rings (SSSR count). The average molecular weight is 610 g/mol. The van der Waals surface area contributed by atoms with Crippen molar-refractivity contribution >= 4 is 94.2 Å². The van der Waals surface area contributed by atoms with Crippen LogP contribution in [0.4, 0.5) is 5.69 Å². The van der Waals surface area contributed by atoms with Crippen LogP contribution in [0.5, 0.6) is 0 Å². The number of rotatable bonds is 4. The van der Waals surface area contributed by atoms with Gasteiger partial charge < -0.3 is 8.98 Å². The number of benzene rings is 5. The van der Waals surface area contributed by atoms with E-state index >= 15 is 0 Å². The zero-order chi connectivity index (χ0) is 30.4. The molecule has 0 radical (unpaired) electrons. The summed E-state index contributed by atoms with van der Waals surface area (Å²) < 4.78 is 10.7. The Kier molecular flexibility index (Phi) is 5.46. The highest BCUT2D eigenvalue weighted by molar-refractivity contribution is 7.19. The molecule has 46 heavy (non-hydrogen) atoms. The third-order valence-corrected chi connectivity index (χ3v) is 10.9. The van der Waals surface area contributed by atoms with E-state index in [1.807, 2.05) is 18.5 Å². The molecule has 4 nitrogen and oxygen atoms in total. The molecule has 0 bridgehead atoms. The van der Waals surface area contributed by atoms with Crippen molar-refractivity contribution in [1.82, 2.24) is 9.55 Å². The summed E-state index contributed by atoms with van der Waals surface area (Å²) in [5, 5.41) is 9.58. The summed E-state index contributed by atoms with van der Waals surface area (Å²) in [5.74, 6) is 1.06. The van der Waals surface area contributed by atoms with Gasteiger partial charge in [0.2, 0.25) is 0 Å². The van der Waals surface area contributed by atoms with Gasteiger partial charge in [-0.2, -0.15) is 0 Å². The minimum atomic E-state index is -0.237. The van der Waals surface area contributed by atoms with Crippen LogP contribution in [0.1, 0.15) is 34.2 Å². The van der Waals surface area contributed by atoms with Crippen LogP contribution in [0, 0.1) is 0 Å². The SMILES string of the molecule is C=Nc1c(C(c2cccnc2)n2c3c4ccccc4ccc3c3c4ccccc4c4c5c(oc4c32)CCC=C5)sc2ccccc12.